The molecule has 8 heteroatoms. The van der Waals surface area contributed by atoms with E-state index in [0.29, 0.717) is 25.4 Å². The molecule has 0 unspecified atom stereocenters. The Bertz CT molecular complexity index is 682. The predicted molar refractivity (Wildman–Crippen MR) is 80.5 cm³/mol. The molecule has 0 N–H and O–H groups in total. The van der Waals surface area contributed by atoms with Gasteiger partial charge in [0.1, 0.15) is 0 Å². The number of imidazole rings is 1. The van der Waals surface area contributed by atoms with E-state index in [2.05, 4.69) is 18.8 Å². The fraction of sp³-hybridized carbons (Fsp3) is 0.714. The van der Waals surface area contributed by atoms with Gasteiger partial charge in [-0.1, -0.05) is 13.8 Å². The van der Waals surface area contributed by atoms with Crippen LogP contribution in [-0.4, -0.2) is 58.3 Å². The Morgan fingerprint density at radius 2 is 2.09 bits per heavy atom. The lowest BCUT2D eigenvalue weighted by Crippen LogP contribution is -2.41. The summed E-state index contributed by atoms with van der Waals surface area (Å²) in [6.45, 7) is 5.28. The van der Waals surface area contributed by atoms with Crippen molar-refractivity contribution in [3.05, 3.63) is 12.5 Å². The van der Waals surface area contributed by atoms with Crippen LogP contribution in [0.25, 0.3) is 0 Å². The highest BCUT2D eigenvalue weighted by Gasteiger charge is 2.51. The molecule has 3 rings (SSSR count). The number of likely N-dealkylation sites (tertiary alicyclic amines) is 1. The zero-order valence-electron chi connectivity index (χ0n) is 13.1. The Morgan fingerprint density at radius 3 is 2.68 bits per heavy atom. The van der Waals surface area contributed by atoms with Crippen molar-refractivity contribution < 1.29 is 13.2 Å². The van der Waals surface area contributed by atoms with Crippen LogP contribution in [0.15, 0.2) is 17.6 Å². The molecule has 1 amide bonds. The third-order valence-electron chi connectivity index (χ3n) is 4.38. The monoisotopic (exact) mass is 326 g/mol. The van der Waals surface area contributed by atoms with E-state index < -0.39 is 10.0 Å². The Labute approximate surface area is 131 Å². The molecular formula is C14H22N4O3S. The van der Waals surface area contributed by atoms with E-state index in [0.717, 1.165) is 0 Å². The number of aromatic nitrogens is 2. The summed E-state index contributed by atoms with van der Waals surface area (Å²) in [5.74, 6) is 0.439. The Balaban J connectivity index is 1.85. The molecule has 0 saturated carbocycles. The predicted octanol–water partition coefficient (Wildman–Crippen LogP) is 0.440. The van der Waals surface area contributed by atoms with E-state index in [4.69, 9.17) is 0 Å². The molecule has 2 saturated heterocycles. The lowest BCUT2D eigenvalue weighted by Gasteiger charge is -2.26. The van der Waals surface area contributed by atoms with Crippen LogP contribution in [0.1, 0.15) is 26.7 Å². The Morgan fingerprint density at radius 1 is 1.36 bits per heavy atom. The summed E-state index contributed by atoms with van der Waals surface area (Å²) in [4.78, 5) is 18.1. The van der Waals surface area contributed by atoms with Gasteiger partial charge >= 0.3 is 0 Å². The second kappa shape index (κ2) is 5.34. The summed E-state index contributed by atoms with van der Waals surface area (Å²) in [6, 6.07) is -0.244. The van der Waals surface area contributed by atoms with Crippen LogP contribution >= 0.6 is 0 Å². The lowest BCUT2D eigenvalue weighted by atomic mass is 10.1. The fourth-order valence-electron chi connectivity index (χ4n) is 3.46. The van der Waals surface area contributed by atoms with Gasteiger partial charge in [0, 0.05) is 32.8 Å². The molecule has 0 aromatic carbocycles. The number of carbonyl (C=O) groups is 1. The molecule has 1 aromatic heterocycles. The van der Waals surface area contributed by atoms with Crippen molar-refractivity contribution in [1.82, 2.24) is 18.8 Å². The summed E-state index contributed by atoms with van der Waals surface area (Å²) in [6.07, 6.45) is 3.97. The number of hydrogen-bond donors (Lipinski definition) is 0. The summed E-state index contributed by atoms with van der Waals surface area (Å²) in [7, 11) is -1.89. The molecule has 0 spiro atoms. The lowest BCUT2D eigenvalue weighted by molar-refractivity contribution is -0.129. The number of nitrogens with zero attached hydrogens (tertiary/aromatic N) is 4. The van der Waals surface area contributed by atoms with Crippen LogP contribution in [0.5, 0.6) is 0 Å². The number of sulfonamides is 1. The van der Waals surface area contributed by atoms with Crippen LogP contribution in [0.4, 0.5) is 0 Å². The fourth-order valence-corrected chi connectivity index (χ4v) is 5.10. The van der Waals surface area contributed by atoms with Gasteiger partial charge in [-0.25, -0.2) is 13.4 Å². The van der Waals surface area contributed by atoms with Crippen LogP contribution in [0.2, 0.25) is 0 Å². The van der Waals surface area contributed by atoms with Crippen LogP contribution in [0, 0.1) is 5.92 Å². The minimum Gasteiger partial charge on any atom is -0.339 e. The van der Waals surface area contributed by atoms with Crippen molar-refractivity contribution in [1.29, 1.82) is 0 Å². The van der Waals surface area contributed by atoms with E-state index in [1.807, 2.05) is 4.90 Å². The Hall–Kier alpha value is -1.41. The molecular weight excluding hydrogens is 304 g/mol. The standard InChI is InChI=1S/C14H22N4O3S/c1-10(2)7-17-11-4-5-18(12(11)6-14(17)19)22(20,21)13-8-16(3)9-15-13/h8-12H,4-7H2,1-3H3/t11-,12+/m1/s1. The molecule has 22 heavy (non-hydrogen) atoms. The number of fused-ring (bicyclic) bond motifs is 1. The molecule has 2 atom stereocenters. The molecule has 0 aliphatic carbocycles. The summed E-state index contributed by atoms with van der Waals surface area (Å²) in [5.41, 5.74) is 0. The average Bonchev–Trinajstić information content (AvgIpc) is 3.08. The third kappa shape index (κ3) is 2.44. The van der Waals surface area contributed by atoms with Crippen molar-refractivity contribution >= 4 is 15.9 Å². The number of hydrogen-bond acceptors (Lipinski definition) is 4. The number of amides is 1. The average molecular weight is 326 g/mol. The van der Waals surface area contributed by atoms with E-state index in [9.17, 15) is 13.2 Å². The molecule has 0 bridgehead atoms. The smallest absolute Gasteiger partial charge is 0.262 e. The van der Waals surface area contributed by atoms with Gasteiger partial charge in [-0.05, 0) is 12.3 Å². The Kier molecular flexibility index (Phi) is 3.76. The van der Waals surface area contributed by atoms with Crippen LogP contribution < -0.4 is 0 Å². The second-order valence-electron chi connectivity index (χ2n) is 6.56. The quantitative estimate of drug-likeness (QED) is 0.804. The maximum atomic E-state index is 12.7. The van der Waals surface area contributed by atoms with Crippen molar-refractivity contribution in [3.63, 3.8) is 0 Å². The van der Waals surface area contributed by atoms with Crippen LogP contribution in [0.3, 0.4) is 0 Å². The van der Waals surface area contributed by atoms with Crippen molar-refractivity contribution in [2.45, 2.75) is 43.8 Å². The zero-order valence-corrected chi connectivity index (χ0v) is 14.0. The van der Waals surface area contributed by atoms with Gasteiger partial charge in [0.15, 0.2) is 5.03 Å². The SMILES string of the molecule is CC(C)CN1C(=O)C[C@H]2[C@H]1CCN2S(=O)(=O)c1cn(C)cn1. The van der Waals surface area contributed by atoms with E-state index in [-0.39, 0.29) is 29.4 Å². The molecule has 2 aliphatic heterocycles. The highest BCUT2D eigenvalue weighted by molar-refractivity contribution is 7.89. The van der Waals surface area contributed by atoms with Gasteiger partial charge in [0.2, 0.25) is 5.91 Å². The zero-order chi connectivity index (χ0) is 16.1. The first-order valence-electron chi connectivity index (χ1n) is 7.60. The topological polar surface area (TPSA) is 75.5 Å². The van der Waals surface area contributed by atoms with Gasteiger partial charge in [-0.15, -0.1) is 0 Å². The van der Waals surface area contributed by atoms with Gasteiger partial charge in [0.25, 0.3) is 10.0 Å². The van der Waals surface area contributed by atoms with Gasteiger partial charge < -0.3 is 9.47 Å². The molecule has 7 nitrogen and oxygen atoms in total. The van der Waals surface area contributed by atoms with Crippen molar-refractivity contribution in [2.75, 3.05) is 13.1 Å². The largest absolute Gasteiger partial charge is 0.339 e. The molecule has 122 valence electrons. The van der Waals surface area contributed by atoms with E-state index >= 15 is 0 Å². The molecule has 3 heterocycles. The number of rotatable bonds is 4. The summed E-state index contributed by atoms with van der Waals surface area (Å²) < 4.78 is 28.6. The maximum Gasteiger partial charge on any atom is 0.262 e. The van der Waals surface area contributed by atoms with E-state index in [1.165, 1.54) is 16.8 Å². The van der Waals surface area contributed by atoms with E-state index in [1.54, 1.807) is 11.6 Å². The maximum absolute atomic E-state index is 12.7. The van der Waals surface area contributed by atoms with Gasteiger partial charge in [0.05, 0.1) is 18.4 Å². The molecule has 2 fully saturated rings. The molecule has 0 radical (unpaired) electrons. The number of aryl methyl sites for hydroxylation is 1. The highest BCUT2D eigenvalue weighted by Crippen LogP contribution is 2.36. The molecule has 1 aromatic rings. The van der Waals surface area contributed by atoms with Crippen molar-refractivity contribution in [2.24, 2.45) is 13.0 Å². The van der Waals surface area contributed by atoms with Crippen LogP contribution in [-0.2, 0) is 21.9 Å². The minimum absolute atomic E-state index is 0.00777. The van der Waals surface area contributed by atoms with Crippen molar-refractivity contribution in [3.8, 4) is 0 Å². The summed E-state index contributed by atoms with van der Waals surface area (Å²) >= 11 is 0. The highest BCUT2D eigenvalue weighted by atomic mass is 32.2. The first-order valence-corrected chi connectivity index (χ1v) is 9.04. The van der Waals surface area contributed by atoms with Gasteiger partial charge in [-0.3, -0.25) is 4.79 Å². The summed E-state index contributed by atoms with van der Waals surface area (Å²) in [5, 5.41) is 0.0606. The second-order valence-corrected chi connectivity index (χ2v) is 8.40. The molecule has 2 aliphatic rings. The first kappa shape index (κ1) is 15.5. The third-order valence-corrected chi connectivity index (χ3v) is 6.19. The normalized spacial score (nSPS) is 26.2. The first-order chi connectivity index (χ1) is 10.3. The van der Waals surface area contributed by atoms with Gasteiger partial charge in [-0.2, -0.15) is 4.31 Å². The minimum atomic E-state index is -3.62. The number of carbonyl (C=O) groups excluding carboxylic acids is 1.